The number of aryl methyl sites for hydroxylation is 1. The average molecular weight is 236 g/mol. The van der Waals surface area contributed by atoms with Crippen LogP contribution in [0.2, 0.25) is 0 Å². The lowest BCUT2D eigenvalue weighted by Gasteiger charge is -2.05. The van der Waals surface area contributed by atoms with Gasteiger partial charge in [-0.3, -0.25) is 0 Å². The molecule has 0 aliphatic carbocycles. The first-order valence-corrected chi connectivity index (χ1v) is 6.20. The highest BCUT2D eigenvalue weighted by atomic mass is 32.1. The molecule has 0 fully saturated rings. The molecular weight excluding hydrogens is 224 g/mol. The van der Waals surface area contributed by atoms with Crippen molar-refractivity contribution in [1.82, 2.24) is 9.97 Å². The second-order valence-corrected chi connectivity index (χ2v) is 4.53. The van der Waals surface area contributed by atoms with Crippen LogP contribution in [0, 0.1) is 11.6 Å². The fraction of sp³-hybridized carbons (Fsp3) is 0.273. The van der Waals surface area contributed by atoms with E-state index in [2.05, 4.69) is 22.3 Å². The predicted molar refractivity (Wildman–Crippen MR) is 66.8 cm³/mol. The quantitative estimate of drug-likeness (QED) is 0.805. The summed E-state index contributed by atoms with van der Waals surface area (Å²) >= 11 is 6.93. The lowest BCUT2D eigenvalue weighted by Crippen LogP contribution is -1.98. The van der Waals surface area contributed by atoms with E-state index in [-0.39, 0.29) is 0 Å². The van der Waals surface area contributed by atoms with Crippen LogP contribution in [0.4, 0.5) is 0 Å². The van der Waals surface area contributed by atoms with Crippen molar-refractivity contribution in [2.75, 3.05) is 0 Å². The maximum atomic E-state index is 5.27. The molecular formula is C11H12N2S2. The van der Waals surface area contributed by atoms with Gasteiger partial charge in [0.25, 0.3) is 0 Å². The summed E-state index contributed by atoms with van der Waals surface area (Å²) in [5, 5.41) is 4.11. The van der Waals surface area contributed by atoms with Gasteiger partial charge >= 0.3 is 0 Å². The van der Waals surface area contributed by atoms with Crippen molar-refractivity contribution >= 4 is 23.6 Å². The van der Waals surface area contributed by atoms with E-state index in [0.717, 1.165) is 33.7 Å². The molecule has 15 heavy (non-hydrogen) atoms. The largest absolute Gasteiger partial charge is 0.343 e. The van der Waals surface area contributed by atoms with Gasteiger partial charge in [0.15, 0.2) is 0 Å². The van der Waals surface area contributed by atoms with Crippen LogP contribution in [0.15, 0.2) is 16.8 Å². The Bertz CT molecular complexity index is 512. The molecule has 78 valence electrons. The van der Waals surface area contributed by atoms with Gasteiger partial charge in [0.05, 0.1) is 0 Å². The van der Waals surface area contributed by atoms with Gasteiger partial charge < -0.3 is 4.98 Å². The highest BCUT2D eigenvalue weighted by Gasteiger charge is 2.05. The van der Waals surface area contributed by atoms with Crippen molar-refractivity contribution in [3.05, 3.63) is 32.7 Å². The topological polar surface area (TPSA) is 28.7 Å². The Kier molecular flexibility index (Phi) is 2.98. The number of aromatic amines is 1. The van der Waals surface area contributed by atoms with Gasteiger partial charge in [-0.15, -0.1) is 0 Å². The predicted octanol–water partition coefficient (Wildman–Crippen LogP) is 3.74. The van der Waals surface area contributed by atoms with Crippen molar-refractivity contribution < 1.29 is 0 Å². The first-order valence-electron chi connectivity index (χ1n) is 4.84. The fourth-order valence-electron chi connectivity index (χ4n) is 1.56. The molecule has 0 unspecified atom stereocenters. The maximum Gasteiger partial charge on any atom is 0.139 e. The molecule has 2 aromatic heterocycles. The third-order valence-electron chi connectivity index (χ3n) is 2.38. The van der Waals surface area contributed by atoms with E-state index >= 15 is 0 Å². The normalized spacial score (nSPS) is 10.5. The summed E-state index contributed by atoms with van der Waals surface area (Å²) in [5.74, 6) is 0.871. The number of H-pyrrole nitrogens is 1. The third-order valence-corrected chi connectivity index (χ3v) is 3.40. The highest BCUT2D eigenvalue weighted by molar-refractivity contribution is 7.71. The number of hydrogen-bond donors (Lipinski definition) is 1. The summed E-state index contributed by atoms with van der Waals surface area (Å²) in [4.78, 5) is 7.71. The smallest absolute Gasteiger partial charge is 0.139 e. The van der Waals surface area contributed by atoms with Crippen LogP contribution in [-0.2, 0) is 6.42 Å². The first-order chi connectivity index (χ1) is 7.22. The molecule has 2 nitrogen and oxygen atoms in total. The minimum Gasteiger partial charge on any atom is -0.343 e. The monoisotopic (exact) mass is 236 g/mol. The van der Waals surface area contributed by atoms with Crippen LogP contribution < -0.4 is 0 Å². The summed E-state index contributed by atoms with van der Waals surface area (Å²) in [5.41, 5.74) is 3.37. The summed E-state index contributed by atoms with van der Waals surface area (Å²) in [7, 11) is 0. The fourth-order valence-corrected chi connectivity index (χ4v) is 2.59. The molecule has 0 aromatic carbocycles. The number of aromatic nitrogens is 2. The van der Waals surface area contributed by atoms with Gasteiger partial charge in [-0.1, -0.05) is 19.1 Å². The van der Waals surface area contributed by atoms with Gasteiger partial charge in [-0.2, -0.15) is 11.3 Å². The number of nitrogens with one attached hydrogen (secondary N) is 1. The van der Waals surface area contributed by atoms with Crippen LogP contribution in [0.3, 0.4) is 0 Å². The average Bonchev–Trinajstić information content (AvgIpc) is 2.69. The lowest BCUT2D eigenvalue weighted by molar-refractivity contribution is 0.990. The lowest BCUT2D eigenvalue weighted by atomic mass is 10.2. The standard InChI is InChI=1S/C11H12N2S2/c1-3-9-7(2)12-10(13-11(9)14)8-4-5-15-6-8/h4-6H,3H2,1-2H3,(H,12,13,14). The zero-order valence-corrected chi connectivity index (χ0v) is 10.3. The van der Waals surface area contributed by atoms with Crippen molar-refractivity contribution in [3.8, 4) is 11.4 Å². The third kappa shape index (κ3) is 2.01. The molecule has 4 heteroatoms. The van der Waals surface area contributed by atoms with Crippen LogP contribution in [-0.4, -0.2) is 9.97 Å². The minimum absolute atomic E-state index is 0.718. The molecule has 0 bridgehead atoms. The Morgan fingerprint density at radius 3 is 2.87 bits per heavy atom. The molecule has 2 heterocycles. The molecule has 0 amide bonds. The number of hydrogen-bond acceptors (Lipinski definition) is 3. The Morgan fingerprint density at radius 2 is 2.33 bits per heavy atom. The van der Waals surface area contributed by atoms with Crippen molar-refractivity contribution in [3.63, 3.8) is 0 Å². The minimum atomic E-state index is 0.718. The van der Waals surface area contributed by atoms with Gasteiger partial charge in [0.2, 0.25) is 0 Å². The molecule has 2 rings (SSSR count). The summed E-state index contributed by atoms with van der Waals surface area (Å²) in [6.45, 7) is 4.14. The Morgan fingerprint density at radius 1 is 1.53 bits per heavy atom. The zero-order valence-electron chi connectivity index (χ0n) is 8.70. The number of rotatable bonds is 2. The van der Waals surface area contributed by atoms with E-state index < -0.39 is 0 Å². The zero-order chi connectivity index (χ0) is 10.8. The summed E-state index contributed by atoms with van der Waals surface area (Å²) < 4.78 is 0.718. The van der Waals surface area contributed by atoms with E-state index in [1.165, 1.54) is 0 Å². The Balaban J connectivity index is 2.58. The molecule has 0 aliphatic rings. The summed E-state index contributed by atoms with van der Waals surface area (Å²) in [6, 6.07) is 2.04. The van der Waals surface area contributed by atoms with Gasteiger partial charge in [-0.05, 0) is 24.8 Å². The molecule has 0 spiro atoms. The van der Waals surface area contributed by atoms with Crippen LogP contribution in [0.25, 0.3) is 11.4 Å². The number of thiophene rings is 1. The Labute approximate surface area is 98.0 Å². The summed E-state index contributed by atoms with van der Waals surface area (Å²) in [6.07, 6.45) is 0.929. The van der Waals surface area contributed by atoms with E-state index in [4.69, 9.17) is 12.2 Å². The van der Waals surface area contributed by atoms with E-state index in [9.17, 15) is 0 Å². The number of nitrogens with zero attached hydrogens (tertiary/aromatic N) is 1. The molecule has 0 saturated heterocycles. The second kappa shape index (κ2) is 4.24. The van der Waals surface area contributed by atoms with E-state index in [1.807, 2.05) is 18.4 Å². The van der Waals surface area contributed by atoms with Crippen LogP contribution in [0.5, 0.6) is 0 Å². The van der Waals surface area contributed by atoms with Gasteiger partial charge in [0, 0.05) is 22.2 Å². The maximum absolute atomic E-state index is 5.27. The van der Waals surface area contributed by atoms with Crippen LogP contribution >= 0.6 is 23.6 Å². The molecule has 0 atom stereocenters. The highest BCUT2D eigenvalue weighted by Crippen LogP contribution is 2.19. The first kappa shape index (κ1) is 10.5. The molecule has 1 N–H and O–H groups in total. The SMILES string of the molecule is CCc1c(C)[nH]c(-c2ccsc2)nc1=S. The van der Waals surface area contributed by atoms with Gasteiger partial charge in [-0.25, -0.2) is 4.98 Å². The van der Waals surface area contributed by atoms with Crippen molar-refractivity contribution in [1.29, 1.82) is 0 Å². The molecule has 0 aliphatic heterocycles. The van der Waals surface area contributed by atoms with E-state index in [1.54, 1.807) is 11.3 Å². The van der Waals surface area contributed by atoms with Crippen LogP contribution in [0.1, 0.15) is 18.2 Å². The Hall–Kier alpha value is -1.00. The second-order valence-electron chi connectivity index (χ2n) is 3.36. The van der Waals surface area contributed by atoms with Crippen molar-refractivity contribution in [2.45, 2.75) is 20.3 Å². The molecule has 2 aromatic rings. The van der Waals surface area contributed by atoms with E-state index in [0.29, 0.717) is 0 Å². The molecule has 0 radical (unpaired) electrons. The molecule has 0 saturated carbocycles. The van der Waals surface area contributed by atoms with Gasteiger partial charge in [0.1, 0.15) is 10.5 Å². The van der Waals surface area contributed by atoms with Crippen molar-refractivity contribution in [2.24, 2.45) is 0 Å².